The van der Waals surface area contributed by atoms with Gasteiger partial charge in [-0.3, -0.25) is 0 Å². The lowest BCUT2D eigenvalue weighted by molar-refractivity contribution is -0.140. The summed E-state index contributed by atoms with van der Waals surface area (Å²) in [4.78, 5) is 11.4. The van der Waals surface area contributed by atoms with Crippen LogP contribution in [0.5, 0.6) is 0 Å². The molecule has 0 aliphatic carbocycles. The fourth-order valence-corrected chi connectivity index (χ4v) is 2.22. The first-order valence-electron chi connectivity index (χ1n) is 6.88. The Morgan fingerprint density at radius 1 is 1.39 bits per heavy atom. The number of aryl methyl sites for hydroxylation is 1. The highest BCUT2D eigenvalue weighted by atomic mass is 16.5. The lowest BCUT2D eigenvalue weighted by atomic mass is 10.1. The van der Waals surface area contributed by atoms with Gasteiger partial charge in [-0.15, -0.1) is 5.10 Å². The Bertz CT molecular complexity index is 389. The zero-order valence-electron chi connectivity index (χ0n) is 11.0. The first kappa shape index (κ1) is 13.1. The van der Waals surface area contributed by atoms with E-state index in [0.717, 1.165) is 18.5 Å². The van der Waals surface area contributed by atoms with Crippen LogP contribution in [0.1, 0.15) is 57.2 Å². The Hall–Kier alpha value is -1.39. The number of nitrogens with zero attached hydrogens (tertiary/aromatic N) is 3. The quantitative estimate of drug-likeness (QED) is 0.551. The van der Waals surface area contributed by atoms with E-state index in [0.29, 0.717) is 13.0 Å². The highest BCUT2D eigenvalue weighted by Crippen LogP contribution is 2.19. The van der Waals surface area contributed by atoms with Crippen LogP contribution in [0.15, 0.2) is 6.20 Å². The van der Waals surface area contributed by atoms with Crippen molar-refractivity contribution in [2.75, 3.05) is 6.61 Å². The predicted molar refractivity (Wildman–Crippen MR) is 67.1 cm³/mol. The summed E-state index contributed by atoms with van der Waals surface area (Å²) >= 11 is 0. The molecule has 1 aromatic rings. The molecule has 1 aromatic heterocycles. The maximum absolute atomic E-state index is 11.4. The molecule has 1 unspecified atom stereocenters. The first-order chi connectivity index (χ1) is 8.81. The van der Waals surface area contributed by atoms with Gasteiger partial charge in [0.1, 0.15) is 0 Å². The van der Waals surface area contributed by atoms with Gasteiger partial charge in [0.25, 0.3) is 0 Å². The minimum atomic E-state index is -0.258. The van der Waals surface area contributed by atoms with Gasteiger partial charge in [-0.25, -0.2) is 9.48 Å². The van der Waals surface area contributed by atoms with Gasteiger partial charge >= 0.3 is 5.97 Å². The molecule has 2 heterocycles. The van der Waals surface area contributed by atoms with Gasteiger partial charge in [-0.1, -0.05) is 37.8 Å². The van der Waals surface area contributed by atoms with Crippen LogP contribution >= 0.6 is 0 Å². The molecule has 1 atom stereocenters. The second kappa shape index (κ2) is 6.52. The third kappa shape index (κ3) is 3.31. The fourth-order valence-electron chi connectivity index (χ4n) is 2.22. The van der Waals surface area contributed by atoms with E-state index in [1.54, 1.807) is 4.68 Å². The third-order valence-corrected chi connectivity index (χ3v) is 3.32. The molecule has 0 spiro atoms. The molecule has 0 radical (unpaired) electrons. The number of ether oxygens (including phenoxy) is 1. The Balaban J connectivity index is 1.77. The van der Waals surface area contributed by atoms with E-state index >= 15 is 0 Å². The molecular weight excluding hydrogens is 230 g/mol. The highest BCUT2D eigenvalue weighted by molar-refractivity contribution is 5.75. The smallest absolute Gasteiger partial charge is 0.331 e. The molecule has 0 saturated carbocycles. The monoisotopic (exact) mass is 251 g/mol. The number of aromatic nitrogens is 3. The number of rotatable bonds is 7. The van der Waals surface area contributed by atoms with Gasteiger partial charge in [0.15, 0.2) is 6.04 Å². The molecule has 18 heavy (non-hydrogen) atoms. The zero-order valence-corrected chi connectivity index (χ0v) is 11.0. The summed E-state index contributed by atoms with van der Waals surface area (Å²) in [7, 11) is 0. The van der Waals surface area contributed by atoms with E-state index in [2.05, 4.69) is 17.2 Å². The van der Waals surface area contributed by atoms with Crippen molar-refractivity contribution in [2.45, 2.75) is 57.9 Å². The SMILES string of the molecule is CCCCCCCc1cn(C2CCOC2=O)nn1. The lowest BCUT2D eigenvalue weighted by Crippen LogP contribution is -2.14. The van der Waals surface area contributed by atoms with Crippen LogP contribution in [0, 0.1) is 0 Å². The molecule has 1 saturated heterocycles. The van der Waals surface area contributed by atoms with Gasteiger partial charge in [0.05, 0.1) is 12.3 Å². The molecule has 0 amide bonds. The van der Waals surface area contributed by atoms with Gasteiger partial charge in [-0.2, -0.15) is 0 Å². The Morgan fingerprint density at radius 2 is 2.22 bits per heavy atom. The Labute approximate surface area is 108 Å². The van der Waals surface area contributed by atoms with E-state index in [-0.39, 0.29) is 12.0 Å². The molecule has 1 aliphatic rings. The van der Waals surface area contributed by atoms with Crippen LogP contribution in [0.4, 0.5) is 0 Å². The molecule has 2 rings (SSSR count). The number of carbonyl (C=O) groups excluding carboxylic acids is 1. The number of unbranched alkanes of at least 4 members (excludes halogenated alkanes) is 4. The lowest BCUT2D eigenvalue weighted by Gasteiger charge is -2.03. The molecule has 0 N–H and O–H groups in total. The highest BCUT2D eigenvalue weighted by Gasteiger charge is 2.29. The number of hydrogen-bond acceptors (Lipinski definition) is 4. The van der Waals surface area contributed by atoms with Crippen molar-refractivity contribution < 1.29 is 9.53 Å². The van der Waals surface area contributed by atoms with Crippen molar-refractivity contribution in [1.82, 2.24) is 15.0 Å². The van der Waals surface area contributed by atoms with E-state index < -0.39 is 0 Å². The normalized spacial score (nSPS) is 19.2. The number of carbonyl (C=O) groups is 1. The number of cyclic esters (lactones) is 1. The third-order valence-electron chi connectivity index (χ3n) is 3.32. The number of hydrogen-bond donors (Lipinski definition) is 0. The summed E-state index contributed by atoms with van der Waals surface area (Å²) < 4.78 is 6.58. The summed E-state index contributed by atoms with van der Waals surface area (Å²) in [6, 6.07) is -0.258. The van der Waals surface area contributed by atoms with Crippen molar-refractivity contribution in [3.05, 3.63) is 11.9 Å². The average molecular weight is 251 g/mol. The van der Waals surface area contributed by atoms with Crippen molar-refractivity contribution in [1.29, 1.82) is 0 Å². The van der Waals surface area contributed by atoms with Crippen molar-refractivity contribution in [3.63, 3.8) is 0 Å². The molecule has 100 valence electrons. The molecule has 1 aliphatic heterocycles. The topological polar surface area (TPSA) is 57.0 Å². The van der Waals surface area contributed by atoms with Gasteiger partial charge in [0.2, 0.25) is 0 Å². The van der Waals surface area contributed by atoms with Crippen LogP contribution in [-0.4, -0.2) is 27.6 Å². The second-order valence-electron chi connectivity index (χ2n) is 4.83. The van der Waals surface area contributed by atoms with Crippen LogP contribution < -0.4 is 0 Å². The van der Waals surface area contributed by atoms with Crippen LogP contribution in [0.2, 0.25) is 0 Å². The Kier molecular flexibility index (Phi) is 4.73. The largest absolute Gasteiger partial charge is 0.464 e. The van der Waals surface area contributed by atoms with Crippen molar-refractivity contribution >= 4 is 5.97 Å². The summed E-state index contributed by atoms with van der Waals surface area (Å²) in [6.45, 7) is 2.71. The standard InChI is InChI=1S/C13H21N3O2/c1-2-3-4-5-6-7-11-10-16(15-14-11)12-8-9-18-13(12)17/h10,12H,2-9H2,1H3. The molecule has 5 heteroatoms. The van der Waals surface area contributed by atoms with E-state index in [9.17, 15) is 4.79 Å². The van der Waals surface area contributed by atoms with E-state index in [4.69, 9.17) is 4.74 Å². The summed E-state index contributed by atoms with van der Waals surface area (Å²) in [5.74, 6) is -0.186. The average Bonchev–Trinajstić information content (AvgIpc) is 2.97. The Morgan fingerprint density at radius 3 is 2.94 bits per heavy atom. The maximum Gasteiger partial charge on any atom is 0.331 e. The predicted octanol–water partition coefficient (Wildman–Crippen LogP) is 2.28. The second-order valence-corrected chi connectivity index (χ2v) is 4.83. The van der Waals surface area contributed by atoms with Crippen molar-refractivity contribution in [3.8, 4) is 0 Å². The molecule has 0 bridgehead atoms. The molecular formula is C13H21N3O2. The van der Waals surface area contributed by atoms with Gasteiger partial charge < -0.3 is 4.74 Å². The van der Waals surface area contributed by atoms with Gasteiger partial charge in [-0.05, 0) is 12.8 Å². The summed E-state index contributed by atoms with van der Waals surface area (Å²) in [6.07, 6.45) is 9.79. The van der Waals surface area contributed by atoms with Crippen molar-refractivity contribution in [2.24, 2.45) is 0 Å². The first-order valence-corrected chi connectivity index (χ1v) is 6.88. The minimum Gasteiger partial charge on any atom is -0.464 e. The molecule has 1 fully saturated rings. The maximum atomic E-state index is 11.4. The summed E-state index contributed by atoms with van der Waals surface area (Å²) in [5, 5.41) is 8.15. The number of esters is 1. The zero-order chi connectivity index (χ0) is 12.8. The van der Waals surface area contributed by atoms with Crippen LogP contribution in [0.25, 0.3) is 0 Å². The van der Waals surface area contributed by atoms with Crippen LogP contribution in [-0.2, 0) is 16.0 Å². The van der Waals surface area contributed by atoms with Crippen LogP contribution in [0.3, 0.4) is 0 Å². The van der Waals surface area contributed by atoms with E-state index in [1.165, 1.54) is 25.7 Å². The summed E-state index contributed by atoms with van der Waals surface area (Å²) in [5.41, 5.74) is 0.978. The van der Waals surface area contributed by atoms with Gasteiger partial charge in [0, 0.05) is 12.6 Å². The molecule has 0 aromatic carbocycles. The fraction of sp³-hybridized carbons (Fsp3) is 0.769. The van der Waals surface area contributed by atoms with E-state index in [1.807, 2.05) is 6.20 Å². The molecule has 5 nitrogen and oxygen atoms in total. The minimum absolute atomic E-state index is 0.186.